The fraction of sp³-hybridized carbons (Fsp3) is 0.524. The smallest absolute Gasteiger partial charge is 0.122 e. The summed E-state index contributed by atoms with van der Waals surface area (Å²) in [7, 11) is 0. The van der Waals surface area contributed by atoms with E-state index < -0.39 is 6.10 Å². The van der Waals surface area contributed by atoms with Crippen molar-refractivity contribution in [2.24, 2.45) is 0 Å². The number of ether oxygens (including phenoxy) is 1. The monoisotopic (exact) mass is 408 g/mol. The number of aliphatic hydroxyl groups is 1. The normalized spacial score (nSPS) is 17.4. The molecule has 0 saturated carbocycles. The fourth-order valence-corrected chi connectivity index (χ4v) is 4.54. The molecular weight excluding hydrogens is 380 g/mol. The van der Waals surface area contributed by atoms with Gasteiger partial charge in [0.25, 0.3) is 0 Å². The van der Waals surface area contributed by atoms with E-state index in [0.29, 0.717) is 19.1 Å². The first-order valence-electron chi connectivity index (χ1n) is 9.60. The Hall–Kier alpha value is -1.11. The molecule has 1 aromatic heterocycles. The summed E-state index contributed by atoms with van der Waals surface area (Å²) < 4.78 is 6.76. The topological polar surface area (TPSA) is 35.9 Å². The lowest BCUT2D eigenvalue weighted by Gasteiger charge is -2.35. The van der Waals surface area contributed by atoms with E-state index in [1.165, 1.54) is 10.4 Å². The van der Waals surface area contributed by atoms with E-state index in [1.54, 1.807) is 11.3 Å². The molecular formula is C21H29ClN2O2S. The van der Waals surface area contributed by atoms with Gasteiger partial charge in [0.1, 0.15) is 18.5 Å². The maximum Gasteiger partial charge on any atom is 0.122 e. The number of hydrogen-bond acceptors (Lipinski definition) is 5. The summed E-state index contributed by atoms with van der Waals surface area (Å²) in [5.41, 5.74) is 1.19. The second kappa shape index (κ2) is 9.89. The average molecular weight is 409 g/mol. The van der Waals surface area contributed by atoms with Crippen LogP contribution in [-0.2, 0) is 6.54 Å². The minimum Gasteiger partial charge on any atom is -0.491 e. The minimum absolute atomic E-state index is 0.331. The maximum atomic E-state index is 10.4. The van der Waals surface area contributed by atoms with Gasteiger partial charge in [-0.15, -0.1) is 11.3 Å². The van der Waals surface area contributed by atoms with Gasteiger partial charge in [-0.25, -0.2) is 0 Å². The van der Waals surface area contributed by atoms with Crippen LogP contribution in [0, 0.1) is 0 Å². The first kappa shape index (κ1) is 20.6. The molecule has 0 radical (unpaired) electrons. The van der Waals surface area contributed by atoms with E-state index in [9.17, 15) is 5.11 Å². The highest BCUT2D eigenvalue weighted by Crippen LogP contribution is 2.26. The lowest BCUT2D eigenvalue weighted by atomic mass is 10.0. The molecule has 0 bridgehead atoms. The molecule has 1 atom stereocenters. The van der Waals surface area contributed by atoms with Crippen LogP contribution in [-0.4, -0.2) is 60.3 Å². The van der Waals surface area contributed by atoms with Crippen LogP contribution in [0.3, 0.4) is 0 Å². The van der Waals surface area contributed by atoms with Crippen molar-refractivity contribution < 1.29 is 9.84 Å². The molecule has 4 nitrogen and oxygen atoms in total. The van der Waals surface area contributed by atoms with Crippen LogP contribution in [0.4, 0.5) is 0 Å². The molecule has 148 valence electrons. The van der Waals surface area contributed by atoms with Crippen LogP contribution in [0.1, 0.15) is 30.2 Å². The quantitative estimate of drug-likeness (QED) is 0.713. The van der Waals surface area contributed by atoms with Crippen molar-refractivity contribution >= 4 is 22.9 Å². The van der Waals surface area contributed by atoms with E-state index in [2.05, 4.69) is 35.8 Å². The van der Waals surface area contributed by atoms with Gasteiger partial charge in [0, 0.05) is 44.1 Å². The summed E-state index contributed by atoms with van der Waals surface area (Å²) in [5, 5.41) is 10.4. The van der Waals surface area contributed by atoms with E-state index in [1.807, 2.05) is 24.3 Å². The number of hydrogen-bond donors (Lipinski definition) is 1. The highest BCUT2D eigenvalue weighted by molar-refractivity contribution is 7.16. The van der Waals surface area contributed by atoms with Crippen molar-refractivity contribution in [2.75, 3.05) is 39.3 Å². The molecule has 1 aliphatic rings. The summed E-state index contributed by atoms with van der Waals surface area (Å²) in [6.45, 7) is 10.2. The Balaban J connectivity index is 1.40. The van der Waals surface area contributed by atoms with Crippen molar-refractivity contribution in [3.8, 4) is 5.75 Å². The number of thiophene rings is 1. The average Bonchev–Trinajstić information content (AvgIpc) is 3.06. The molecule has 27 heavy (non-hydrogen) atoms. The Morgan fingerprint density at radius 1 is 1.07 bits per heavy atom. The fourth-order valence-electron chi connectivity index (χ4n) is 3.41. The van der Waals surface area contributed by atoms with E-state index in [0.717, 1.165) is 42.8 Å². The van der Waals surface area contributed by atoms with Crippen LogP contribution in [0.2, 0.25) is 4.34 Å². The first-order chi connectivity index (χ1) is 13.0. The summed E-state index contributed by atoms with van der Waals surface area (Å²) in [6, 6.07) is 12.2. The third-order valence-corrected chi connectivity index (χ3v) is 6.13. The standard InChI is InChI=1S/C21H29ClN2O2S/c1-16(2)19-5-3-4-6-20(19)26-15-17(25)13-23-9-11-24(12-10-23)14-18-7-8-21(22)27-18/h3-8,16-17,25H,9-15H2,1-2H3. The van der Waals surface area contributed by atoms with Crippen molar-refractivity contribution in [3.63, 3.8) is 0 Å². The predicted octanol–water partition coefficient (Wildman–Crippen LogP) is 4.08. The number of benzene rings is 1. The molecule has 1 N–H and O–H groups in total. The Labute approximate surface area is 171 Å². The van der Waals surface area contributed by atoms with E-state index >= 15 is 0 Å². The number of halogens is 1. The molecule has 0 amide bonds. The summed E-state index contributed by atoms with van der Waals surface area (Å²) in [4.78, 5) is 6.08. The molecule has 1 unspecified atom stereocenters. The molecule has 0 spiro atoms. The zero-order valence-corrected chi connectivity index (χ0v) is 17.7. The number of piperazine rings is 1. The Morgan fingerprint density at radius 2 is 1.78 bits per heavy atom. The SMILES string of the molecule is CC(C)c1ccccc1OCC(O)CN1CCN(Cc2ccc(Cl)s2)CC1. The molecule has 1 aliphatic heterocycles. The highest BCUT2D eigenvalue weighted by atomic mass is 35.5. The van der Waals surface area contributed by atoms with Crippen LogP contribution < -0.4 is 4.74 Å². The Bertz CT molecular complexity index is 714. The van der Waals surface area contributed by atoms with Crippen molar-refractivity contribution in [3.05, 3.63) is 51.2 Å². The Kier molecular flexibility index (Phi) is 7.56. The lowest BCUT2D eigenvalue weighted by Crippen LogP contribution is -2.48. The zero-order chi connectivity index (χ0) is 19.2. The summed E-state index contributed by atoms with van der Waals surface area (Å²) in [5.74, 6) is 1.29. The maximum absolute atomic E-state index is 10.4. The molecule has 3 rings (SSSR count). The lowest BCUT2D eigenvalue weighted by molar-refractivity contribution is 0.0445. The number of para-hydroxylation sites is 1. The van der Waals surface area contributed by atoms with E-state index in [4.69, 9.17) is 16.3 Å². The Morgan fingerprint density at radius 3 is 2.44 bits per heavy atom. The molecule has 1 fully saturated rings. The minimum atomic E-state index is -0.479. The molecule has 2 heterocycles. The van der Waals surface area contributed by atoms with Crippen LogP contribution in [0.5, 0.6) is 5.75 Å². The van der Waals surface area contributed by atoms with Crippen LogP contribution >= 0.6 is 22.9 Å². The van der Waals surface area contributed by atoms with Gasteiger partial charge < -0.3 is 9.84 Å². The molecule has 1 aromatic carbocycles. The van der Waals surface area contributed by atoms with Crippen molar-refractivity contribution in [1.82, 2.24) is 9.80 Å². The molecule has 1 saturated heterocycles. The van der Waals surface area contributed by atoms with Gasteiger partial charge in [0.05, 0.1) is 4.34 Å². The van der Waals surface area contributed by atoms with Crippen LogP contribution in [0.15, 0.2) is 36.4 Å². The number of rotatable bonds is 8. The van der Waals surface area contributed by atoms with Gasteiger partial charge in [-0.1, -0.05) is 43.6 Å². The van der Waals surface area contributed by atoms with Gasteiger partial charge in [-0.2, -0.15) is 0 Å². The van der Waals surface area contributed by atoms with Crippen molar-refractivity contribution in [1.29, 1.82) is 0 Å². The van der Waals surface area contributed by atoms with Gasteiger partial charge in [-0.3, -0.25) is 9.80 Å². The van der Waals surface area contributed by atoms with Gasteiger partial charge in [-0.05, 0) is 29.7 Å². The molecule has 2 aromatic rings. The van der Waals surface area contributed by atoms with Gasteiger partial charge in [0.15, 0.2) is 0 Å². The first-order valence-corrected chi connectivity index (χ1v) is 10.8. The largest absolute Gasteiger partial charge is 0.491 e. The summed E-state index contributed by atoms with van der Waals surface area (Å²) >= 11 is 7.67. The second-order valence-electron chi connectivity index (χ2n) is 7.44. The second-order valence-corrected chi connectivity index (χ2v) is 9.24. The number of aliphatic hydroxyl groups excluding tert-OH is 1. The van der Waals surface area contributed by atoms with E-state index in [-0.39, 0.29) is 0 Å². The van der Waals surface area contributed by atoms with Gasteiger partial charge in [0.2, 0.25) is 0 Å². The number of nitrogens with zero attached hydrogens (tertiary/aromatic N) is 2. The predicted molar refractivity (Wildman–Crippen MR) is 113 cm³/mol. The van der Waals surface area contributed by atoms with Crippen molar-refractivity contribution in [2.45, 2.75) is 32.4 Å². The highest BCUT2D eigenvalue weighted by Gasteiger charge is 2.20. The molecule has 0 aliphatic carbocycles. The third-order valence-electron chi connectivity index (χ3n) is 4.91. The zero-order valence-electron chi connectivity index (χ0n) is 16.1. The molecule has 6 heteroatoms. The number of β-amino-alcohol motifs (C(OH)–C–C–N with tert-alkyl or cyclic N) is 1. The van der Waals surface area contributed by atoms with Crippen LogP contribution in [0.25, 0.3) is 0 Å². The third kappa shape index (κ3) is 6.19. The van der Waals surface area contributed by atoms with Gasteiger partial charge >= 0.3 is 0 Å². The summed E-state index contributed by atoms with van der Waals surface area (Å²) in [6.07, 6.45) is -0.479.